The van der Waals surface area contributed by atoms with Crippen molar-refractivity contribution >= 4 is 11.9 Å². The summed E-state index contributed by atoms with van der Waals surface area (Å²) in [5.74, 6) is -0.324. The van der Waals surface area contributed by atoms with Crippen molar-refractivity contribution in [2.45, 2.75) is 26.5 Å². The second kappa shape index (κ2) is 7.40. The monoisotopic (exact) mass is 304 g/mol. The Hall–Kier alpha value is -2.63. The van der Waals surface area contributed by atoms with E-state index in [2.05, 4.69) is 10.3 Å². The van der Waals surface area contributed by atoms with Crippen LogP contribution in [-0.2, 0) is 11.3 Å². The minimum atomic E-state index is -0.488. The Morgan fingerprint density at radius 2 is 2.18 bits per heavy atom. The van der Waals surface area contributed by atoms with E-state index in [0.717, 1.165) is 6.07 Å². The molecule has 0 radical (unpaired) electrons. The van der Waals surface area contributed by atoms with Crippen molar-refractivity contribution in [3.8, 4) is 0 Å². The lowest BCUT2D eigenvalue weighted by atomic mass is 10.2. The van der Waals surface area contributed by atoms with E-state index in [9.17, 15) is 9.18 Å². The molecule has 0 atom stereocenters. The molecule has 1 aromatic heterocycles. The first kappa shape index (κ1) is 15.8. The Morgan fingerprint density at radius 3 is 2.82 bits per heavy atom. The fourth-order valence-electron chi connectivity index (χ4n) is 1.68. The summed E-state index contributed by atoms with van der Waals surface area (Å²) in [5.41, 5.74) is 0.193. The highest BCUT2D eigenvalue weighted by Crippen LogP contribution is 2.05. The molecule has 0 aliphatic heterocycles. The zero-order valence-electron chi connectivity index (χ0n) is 12.4. The number of ether oxygens (including phenoxy) is 1. The Morgan fingerprint density at radius 1 is 1.36 bits per heavy atom. The maximum atomic E-state index is 13.2. The number of nitrogens with zero attached hydrogens (tertiary/aromatic N) is 1. The fraction of sp³-hybridized carbons (Fsp3) is 0.250. The van der Waals surface area contributed by atoms with Gasteiger partial charge in [-0.15, -0.1) is 0 Å². The molecule has 0 aliphatic carbocycles. The average molecular weight is 304 g/mol. The number of amides is 1. The summed E-state index contributed by atoms with van der Waals surface area (Å²) in [6.07, 6.45) is 1.38. The van der Waals surface area contributed by atoms with Crippen molar-refractivity contribution in [2.75, 3.05) is 0 Å². The van der Waals surface area contributed by atoms with Gasteiger partial charge in [-0.2, -0.15) is 0 Å². The van der Waals surface area contributed by atoms with Crippen LogP contribution >= 0.6 is 0 Å². The Labute approximate surface area is 127 Å². The highest BCUT2D eigenvalue weighted by molar-refractivity contribution is 6.04. The molecule has 0 saturated carbocycles. The van der Waals surface area contributed by atoms with Crippen LogP contribution in [0.3, 0.4) is 0 Å². The van der Waals surface area contributed by atoms with Gasteiger partial charge in [0.2, 0.25) is 0 Å². The molecule has 1 amide bonds. The summed E-state index contributed by atoms with van der Waals surface area (Å²) in [5, 5.41) is 2.53. The molecular weight excluding hydrogens is 287 g/mol. The van der Waals surface area contributed by atoms with Gasteiger partial charge in [0.25, 0.3) is 11.9 Å². The average Bonchev–Trinajstić information content (AvgIpc) is 2.97. The molecule has 1 N–H and O–H groups in total. The number of aliphatic imine (C=N–C) groups is 1. The van der Waals surface area contributed by atoms with E-state index >= 15 is 0 Å². The first-order valence-electron chi connectivity index (χ1n) is 6.85. The standard InChI is InChI=1S/C16H17FN2O3/c1-11(2)22-16(18-10-14-7-4-8-21-14)19-15(20)12-5-3-6-13(17)9-12/h3-9,11H,10H2,1-2H3,(H,18,19,20). The molecule has 0 bridgehead atoms. The van der Waals surface area contributed by atoms with Gasteiger partial charge in [-0.1, -0.05) is 6.07 Å². The summed E-state index contributed by atoms with van der Waals surface area (Å²) in [6, 6.07) is 8.98. The zero-order valence-corrected chi connectivity index (χ0v) is 12.4. The molecule has 1 aromatic carbocycles. The minimum absolute atomic E-state index is 0.0701. The van der Waals surface area contributed by atoms with Crippen LogP contribution in [0.25, 0.3) is 0 Å². The number of nitrogens with one attached hydrogen (secondary N) is 1. The third-order valence-electron chi connectivity index (χ3n) is 2.61. The second-order valence-corrected chi connectivity index (χ2v) is 4.83. The molecule has 2 aromatic rings. The van der Waals surface area contributed by atoms with E-state index < -0.39 is 11.7 Å². The van der Waals surface area contributed by atoms with Crippen molar-refractivity contribution in [1.82, 2.24) is 5.32 Å². The zero-order chi connectivity index (χ0) is 15.9. The second-order valence-electron chi connectivity index (χ2n) is 4.83. The van der Waals surface area contributed by atoms with Crippen LogP contribution < -0.4 is 5.32 Å². The molecule has 1 heterocycles. The number of hydrogen-bond donors (Lipinski definition) is 1. The van der Waals surface area contributed by atoms with Gasteiger partial charge in [0.1, 0.15) is 18.1 Å². The topological polar surface area (TPSA) is 63.8 Å². The van der Waals surface area contributed by atoms with Gasteiger partial charge in [-0.25, -0.2) is 9.38 Å². The van der Waals surface area contributed by atoms with Crippen LogP contribution in [0.15, 0.2) is 52.1 Å². The summed E-state index contributed by atoms with van der Waals surface area (Å²) >= 11 is 0. The number of amidine groups is 1. The lowest BCUT2D eigenvalue weighted by Gasteiger charge is -2.13. The largest absolute Gasteiger partial charge is 0.467 e. The molecule has 116 valence electrons. The van der Waals surface area contributed by atoms with Crippen LogP contribution in [-0.4, -0.2) is 18.0 Å². The van der Waals surface area contributed by atoms with Crippen LogP contribution in [0.1, 0.15) is 30.0 Å². The van der Waals surface area contributed by atoms with Crippen molar-refractivity contribution in [3.63, 3.8) is 0 Å². The molecule has 5 nitrogen and oxygen atoms in total. The summed E-state index contributed by atoms with van der Waals surface area (Å²) in [7, 11) is 0. The predicted octanol–water partition coefficient (Wildman–Crippen LogP) is 3.13. The predicted molar refractivity (Wildman–Crippen MR) is 79.9 cm³/mol. The van der Waals surface area contributed by atoms with Gasteiger partial charge < -0.3 is 9.15 Å². The molecule has 22 heavy (non-hydrogen) atoms. The lowest BCUT2D eigenvalue weighted by molar-refractivity contribution is 0.0959. The molecule has 0 saturated heterocycles. The molecule has 6 heteroatoms. The van der Waals surface area contributed by atoms with Gasteiger partial charge in [0.15, 0.2) is 0 Å². The van der Waals surface area contributed by atoms with Crippen molar-refractivity contribution in [1.29, 1.82) is 0 Å². The number of hydrogen-bond acceptors (Lipinski definition) is 4. The third kappa shape index (κ3) is 4.73. The van der Waals surface area contributed by atoms with Crippen molar-refractivity contribution in [2.24, 2.45) is 4.99 Å². The molecule has 2 rings (SSSR count). The maximum absolute atomic E-state index is 13.2. The number of halogens is 1. The van der Waals surface area contributed by atoms with E-state index in [0.29, 0.717) is 5.76 Å². The number of carbonyl (C=O) groups excluding carboxylic acids is 1. The molecule has 0 fully saturated rings. The number of carbonyl (C=O) groups is 1. The third-order valence-corrected chi connectivity index (χ3v) is 2.61. The SMILES string of the molecule is CC(C)OC(=NCc1ccco1)NC(=O)c1cccc(F)c1. The van der Waals surface area contributed by atoms with Crippen LogP contribution in [0, 0.1) is 5.82 Å². The summed E-state index contributed by atoms with van der Waals surface area (Å²) < 4.78 is 23.8. The number of rotatable bonds is 4. The first-order chi connectivity index (χ1) is 10.5. The molecule has 0 aliphatic rings. The van der Waals surface area contributed by atoms with Gasteiger partial charge in [-0.05, 0) is 44.2 Å². The van der Waals surface area contributed by atoms with E-state index in [1.165, 1.54) is 18.2 Å². The van der Waals surface area contributed by atoms with E-state index in [4.69, 9.17) is 9.15 Å². The quantitative estimate of drug-likeness (QED) is 0.697. The van der Waals surface area contributed by atoms with Gasteiger partial charge in [-0.3, -0.25) is 10.1 Å². The minimum Gasteiger partial charge on any atom is -0.467 e. The van der Waals surface area contributed by atoms with E-state index in [1.54, 1.807) is 18.4 Å². The normalized spacial score (nSPS) is 11.5. The molecule has 0 unspecified atom stereocenters. The molecular formula is C16H17FN2O3. The number of furan rings is 1. The first-order valence-corrected chi connectivity index (χ1v) is 6.85. The van der Waals surface area contributed by atoms with E-state index in [-0.39, 0.29) is 24.2 Å². The van der Waals surface area contributed by atoms with Gasteiger partial charge >= 0.3 is 0 Å². The number of benzene rings is 1. The van der Waals surface area contributed by atoms with Gasteiger partial charge in [0.05, 0.1) is 12.4 Å². The van der Waals surface area contributed by atoms with E-state index in [1.807, 2.05) is 13.8 Å². The summed E-state index contributed by atoms with van der Waals surface area (Å²) in [4.78, 5) is 16.3. The summed E-state index contributed by atoms with van der Waals surface area (Å²) in [6.45, 7) is 3.87. The highest BCUT2D eigenvalue weighted by atomic mass is 19.1. The van der Waals surface area contributed by atoms with Crippen molar-refractivity contribution in [3.05, 3.63) is 59.8 Å². The van der Waals surface area contributed by atoms with Crippen molar-refractivity contribution < 1.29 is 18.3 Å². The lowest BCUT2D eigenvalue weighted by Crippen LogP contribution is -2.34. The van der Waals surface area contributed by atoms with Gasteiger partial charge in [0, 0.05) is 5.56 Å². The fourth-order valence-corrected chi connectivity index (χ4v) is 1.68. The highest BCUT2D eigenvalue weighted by Gasteiger charge is 2.12. The smallest absolute Gasteiger partial charge is 0.292 e. The van der Waals surface area contributed by atoms with Crippen LogP contribution in [0.4, 0.5) is 4.39 Å². The Kier molecular flexibility index (Phi) is 5.30. The Balaban J connectivity index is 2.08. The van der Waals surface area contributed by atoms with Crippen LogP contribution in [0.5, 0.6) is 0 Å². The van der Waals surface area contributed by atoms with Crippen LogP contribution in [0.2, 0.25) is 0 Å². The Bertz CT molecular complexity index is 651. The molecule has 0 spiro atoms. The maximum Gasteiger partial charge on any atom is 0.292 e.